The highest BCUT2D eigenvalue weighted by Crippen LogP contribution is 2.46. The number of halogens is 1. The molecular formula is C43H57ClN6O9S. The van der Waals surface area contributed by atoms with Crippen LogP contribution in [-0.2, 0) is 28.6 Å². The van der Waals surface area contributed by atoms with Crippen molar-refractivity contribution in [3.05, 3.63) is 41.3 Å². The van der Waals surface area contributed by atoms with E-state index in [1.807, 2.05) is 40.0 Å². The number of carbonyl (C=O) groups is 4. The molecule has 326 valence electrons. The number of nitrogens with zero attached hydrogens (tertiary/aromatic N) is 3. The van der Waals surface area contributed by atoms with Gasteiger partial charge in [0.05, 0.1) is 31.5 Å². The molecule has 3 N–H and O–H groups in total. The number of aromatic nitrogens is 2. The molecular weight excluding hydrogens is 812 g/mol. The lowest BCUT2D eigenvalue weighted by Crippen LogP contribution is -2.59. The summed E-state index contributed by atoms with van der Waals surface area (Å²) in [5, 5.41) is 12.5. The highest BCUT2D eigenvalue weighted by atomic mass is 35.5. The van der Waals surface area contributed by atoms with Gasteiger partial charge in [-0.15, -0.1) is 17.9 Å². The van der Waals surface area contributed by atoms with Crippen molar-refractivity contribution in [2.45, 2.75) is 110 Å². The third kappa shape index (κ3) is 9.92. The summed E-state index contributed by atoms with van der Waals surface area (Å²) in [6.07, 6.45) is 2.75. The van der Waals surface area contributed by atoms with E-state index in [2.05, 4.69) is 29.5 Å². The minimum Gasteiger partial charge on any atom is -0.490 e. The summed E-state index contributed by atoms with van der Waals surface area (Å²) in [4.78, 5) is 66.6. The van der Waals surface area contributed by atoms with E-state index >= 15 is 0 Å². The first kappa shape index (κ1) is 44.9. The van der Waals surface area contributed by atoms with Crippen molar-refractivity contribution < 1.29 is 42.9 Å². The molecule has 1 aromatic carbocycles. The number of amides is 3. The number of thiazole rings is 1. The average Bonchev–Trinajstić information content (AvgIpc) is 3.52. The first-order chi connectivity index (χ1) is 28.5. The van der Waals surface area contributed by atoms with Gasteiger partial charge in [0.2, 0.25) is 11.8 Å². The Bertz CT molecular complexity index is 2090. The molecule has 1 aliphatic heterocycles. The molecule has 60 heavy (non-hydrogen) atoms. The Labute approximate surface area is 360 Å². The zero-order chi connectivity index (χ0) is 43.5. The zero-order valence-electron chi connectivity index (χ0n) is 35.6. The summed E-state index contributed by atoms with van der Waals surface area (Å²) >= 11 is 8.41. The quantitative estimate of drug-likeness (QED) is 0.0783. The lowest BCUT2D eigenvalue weighted by Gasteiger charge is -2.35. The second-order valence-electron chi connectivity index (χ2n) is 17.3. The normalized spacial score (nSPS) is 24.2. The smallest absolute Gasteiger partial charge is 0.408 e. The number of benzene rings is 1. The number of fused-ring (bicyclic) bond motifs is 1. The molecule has 1 saturated heterocycles. The number of esters is 1. The number of anilines is 1. The van der Waals surface area contributed by atoms with Crippen LogP contribution < -0.4 is 25.4 Å². The summed E-state index contributed by atoms with van der Waals surface area (Å²) in [6, 6.07) is 3.29. The molecule has 0 radical (unpaired) electrons. The van der Waals surface area contributed by atoms with E-state index in [-0.39, 0.29) is 42.7 Å². The molecule has 1 unspecified atom stereocenters. The van der Waals surface area contributed by atoms with E-state index in [0.717, 1.165) is 19.3 Å². The largest absolute Gasteiger partial charge is 0.490 e. The third-order valence-electron chi connectivity index (χ3n) is 11.2. The van der Waals surface area contributed by atoms with Gasteiger partial charge >= 0.3 is 12.1 Å². The Balaban J connectivity index is 1.35. The van der Waals surface area contributed by atoms with Crippen LogP contribution in [0.2, 0.25) is 5.02 Å². The number of likely N-dealkylation sites (tertiary alicyclic amines) is 1. The second-order valence-corrected chi connectivity index (χ2v) is 18.6. The van der Waals surface area contributed by atoms with Gasteiger partial charge in [-0.3, -0.25) is 9.59 Å². The summed E-state index contributed by atoms with van der Waals surface area (Å²) < 4.78 is 28.7. The van der Waals surface area contributed by atoms with Crippen molar-refractivity contribution in [1.82, 2.24) is 25.5 Å². The van der Waals surface area contributed by atoms with Gasteiger partial charge in [0, 0.05) is 42.3 Å². The van der Waals surface area contributed by atoms with Crippen LogP contribution in [0.4, 0.5) is 9.93 Å². The standard InChI is InChI=1S/C43H57ClN6O9S/c1-10-25-20-43(25,39(53)56-9)49-37(51)31-18-27(21-50(31)38(52)36(42(5,6)7)48-41(54)59-26-12-11-24(4)17-26)58-33-19-29(30-22-60-40(47-30)45-23(2)3)46-35-28(33)13-14-32(34(35)44)57-16-15-55-8/h10,13-14,19,22-27,31,36H,1,11-12,15-18,20-21H2,2-9H3,(H,45,47)(H,48,54)(H,49,51)/t24-,25-,26+,27-,31+,36-,43?/m1/s1. The van der Waals surface area contributed by atoms with E-state index in [0.29, 0.717) is 57.9 Å². The van der Waals surface area contributed by atoms with Crippen molar-refractivity contribution in [1.29, 1.82) is 0 Å². The first-order valence-corrected chi connectivity index (χ1v) is 21.7. The summed E-state index contributed by atoms with van der Waals surface area (Å²) in [6.45, 7) is 16.1. The summed E-state index contributed by atoms with van der Waals surface area (Å²) in [5.74, 6) is -0.771. The zero-order valence-corrected chi connectivity index (χ0v) is 37.2. The Hall–Kier alpha value is -4.67. The molecule has 3 aliphatic rings. The highest BCUT2D eigenvalue weighted by Gasteiger charge is 2.62. The topological polar surface area (TPSA) is 180 Å². The lowest BCUT2D eigenvalue weighted by atomic mass is 9.85. The molecule has 2 aromatic heterocycles. The Morgan fingerprint density at radius 1 is 1.07 bits per heavy atom. The van der Waals surface area contributed by atoms with Crippen LogP contribution in [0.15, 0.2) is 36.2 Å². The lowest BCUT2D eigenvalue weighted by molar-refractivity contribution is -0.148. The predicted octanol–water partition coefficient (Wildman–Crippen LogP) is 6.77. The molecule has 0 bridgehead atoms. The van der Waals surface area contributed by atoms with E-state index in [4.69, 9.17) is 45.3 Å². The number of pyridine rings is 1. The highest BCUT2D eigenvalue weighted by molar-refractivity contribution is 7.14. The number of hydrogen-bond donors (Lipinski definition) is 3. The van der Waals surface area contributed by atoms with E-state index in [1.54, 1.807) is 31.4 Å². The monoisotopic (exact) mass is 868 g/mol. The number of alkyl carbamates (subject to hydrolysis) is 1. The number of hydrogen-bond acceptors (Lipinski definition) is 13. The van der Waals surface area contributed by atoms with Gasteiger partial charge in [-0.25, -0.2) is 19.6 Å². The van der Waals surface area contributed by atoms with Crippen molar-refractivity contribution >= 4 is 62.8 Å². The maximum atomic E-state index is 14.8. The van der Waals surface area contributed by atoms with Crippen LogP contribution in [0.5, 0.6) is 11.5 Å². The molecule has 3 amide bonds. The fourth-order valence-corrected chi connectivity index (χ4v) is 9.02. The van der Waals surface area contributed by atoms with Gasteiger partial charge in [-0.05, 0) is 63.0 Å². The van der Waals surface area contributed by atoms with Gasteiger partial charge < -0.3 is 44.5 Å². The third-order valence-corrected chi connectivity index (χ3v) is 12.3. The maximum absolute atomic E-state index is 14.8. The molecule has 6 rings (SSSR count). The molecule has 3 aromatic rings. The molecule has 2 aliphatic carbocycles. The summed E-state index contributed by atoms with van der Waals surface area (Å²) in [5.41, 5.74) is -0.619. The maximum Gasteiger partial charge on any atom is 0.408 e. The van der Waals surface area contributed by atoms with Crippen molar-refractivity contribution in [3.63, 3.8) is 0 Å². The van der Waals surface area contributed by atoms with Crippen LogP contribution in [0.25, 0.3) is 22.3 Å². The molecule has 0 spiro atoms. The Kier molecular flexibility index (Phi) is 13.9. The van der Waals surface area contributed by atoms with E-state index in [9.17, 15) is 19.2 Å². The van der Waals surface area contributed by atoms with Crippen molar-refractivity contribution in [2.75, 3.05) is 39.3 Å². The van der Waals surface area contributed by atoms with Crippen LogP contribution >= 0.6 is 22.9 Å². The molecule has 7 atom stereocenters. The van der Waals surface area contributed by atoms with Crippen molar-refractivity contribution in [3.8, 4) is 22.9 Å². The average molecular weight is 869 g/mol. The summed E-state index contributed by atoms with van der Waals surface area (Å²) in [7, 11) is 2.84. The second kappa shape index (κ2) is 18.5. The number of nitrogens with one attached hydrogen (secondary N) is 3. The number of rotatable bonds is 16. The van der Waals surface area contributed by atoms with E-state index in [1.165, 1.54) is 23.3 Å². The number of ether oxygens (including phenoxy) is 5. The van der Waals surface area contributed by atoms with Gasteiger partial charge in [0.15, 0.2) is 5.13 Å². The van der Waals surface area contributed by atoms with E-state index < -0.39 is 53.0 Å². The van der Waals surface area contributed by atoms with Crippen LogP contribution in [0.1, 0.15) is 73.6 Å². The minimum absolute atomic E-state index is 0.0271. The van der Waals surface area contributed by atoms with Gasteiger partial charge in [0.25, 0.3) is 0 Å². The fourth-order valence-electron chi connectivity index (χ4n) is 7.91. The van der Waals surface area contributed by atoms with Crippen molar-refractivity contribution in [2.24, 2.45) is 17.3 Å². The molecule has 3 fully saturated rings. The molecule has 2 saturated carbocycles. The molecule has 15 nitrogen and oxygen atoms in total. The fraction of sp³-hybridized carbons (Fsp3) is 0.581. The molecule has 3 heterocycles. The van der Waals surface area contributed by atoms with Gasteiger partial charge in [0.1, 0.15) is 58.7 Å². The van der Waals surface area contributed by atoms with Gasteiger partial charge in [-0.2, -0.15) is 0 Å². The minimum atomic E-state index is -1.31. The molecule has 17 heteroatoms. The predicted molar refractivity (Wildman–Crippen MR) is 229 cm³/mol. The first-order valence-electron chi connectivity index (χ1n) is 20.4. The number of carbonyl (C=O) groups excluding carboxylic acids is 4. The van der Waals surface area contributed by atoms with Crippen LogP contribution in [0.3, 0.4) is 0 Å². The van der Waals surface area contributed by atoms with Crippen LogP contribution in [-0.4, -0.2) is 109 Å². The number of methoxy groups -OCH3 is 2. The SMILES string of the molecule is C=C[C@@H]1CC1(NC(=O)[C@@H]1C[C@@H](Oc2cc(-c3csc(NC(C)C)n3)nc3c(Cl)c(OCCOC)ccc23)CN1C(=O)[C@@H](NC(=O)O[C@H]1CC[C@@H](C)C1)C(C)(C)C)C(=O)OC. The Morgan fingerprint density at radius 3 is 2.47 bits per heavy atom. The Morgan fingerprint density at radius 2 is 1.83 bits per heavy atom. The van der Waals surface area contributed by atoms with Crippen LogP contribution in [0, 0.1) is 17.3 Å². The van der Waals surface area contributed by atoms with Gasteiger partial charge in [-0.1, -0.05) is 45.4 Å².